The number of nitrogens with zero attached hydrogens (tertiary/aromatic N) is 2. The van der Waals surface area contributed by atoms with Gasteiger partial charge in [0.05, 0.1) is 6.61 Å². The first-order valence-corrected chi connectivity index (χ1v) is 10.8. The third-order valence-electron chi connectivity index (χ3n) is 5.59. The van der Waals surface area contributed by atoms with Gasteiger partial charge in [-0.3, -0.25) is 4.79 Å². The zero-order chi connectivity index (χ0) is 18.7. The summed E-state index contributed by atoms with van der Waals surface area (Å²) in [4.78, 5) is 17.2. The number of carbonyl (C=O) groups is 1. The van der Waals surface area contributed by atoms with Crippen molar-refractivity contribution in [3.8, 4) is 5.75 Å². The van der Waals surface area contributed by atoms with Gasteiger partial charge in [0, 0.05) is 18.7 Å². The van der Waals surface area contributed by atoms with E-state index in [1.54, 1.807) is 0 Å². The molecular formula is C22H35N3O2. The molecule has 2 aliphatic rings. The Labute approximate surface area is 164 Å². The average Bonchev–Trinajstić information content (AvgIpc) is 3.23. The van der Waals surface area contributed by atoms with Gasteiger partial charge >= 0.3 is 0 Å². The van der Waals surface area contributed by atoms with Crippen LogP contribution in [0.15, 0.2) is 24.3 Å². The summed E-state index contributed by atoms with van der Waals surface area (Å²) >= 11 is 0. The van der Waals surface area contributed by atoms with Crippen LogP contribution in [0.4, 0.5) is 0 Å². The van der Waals surface area contributed by atoms with Crippen molar-refractivity contribution in [3.05, 3.63) is 29.8 Å². The Morgan fingerprint density at radius 3 is 2.11 bits per heavy atom. The van der Waals surface area contributed by atoms with Crippen LogP contribution in [0.2, 0.25) is 0 Å². The summed E-state index contributed by atoms with van der Waals surface area (Å²) in [5.74, 6) is 0.854. The molecule has 0 aromatic heterocycles. The molecule has 150 valence electrons. The van der Waals surface area contributed by atoms with Crippen LogP contribution >= 0.6 is 0 Å². The maximum atomic E-state index is 12.2. The van der Waals surface area contributed by atoms with Crippen molar-refractivity contribution < 1.29 is 9.53 Å². The Bertz CT molecular complexity index is 549. The topological polar surface area (TPSA) is 44.8 Å². The summed E-state index contributed by atoms with van der Waals surface area (Å²) in [6.45, 7) is 8.59. The number of likely N-dealkylation sites (tertiary alicyclic amines) is 2. The van der Waals surface area contributed by atoms with E-state index in [0.29, 0.717) is 5.56 Å². The number of rotatable bonds is 10. The number of piperidine rings is 1. The highest BCUT2D eigenvalue weighted by Crippen LogP contribution is 2.13. The smallest absolute Gasteiger partial charge is 0.251 e. The predicted octanol–water partition coefficient (Wildman–Crippen LogP) is 3.16. The van der Waals surface area contributed by atoms with Crippen molar-refractivity contribution in [2.24, 2.45) is 0 Å². The average molecular weight is 374 g/mol. The van der Waals surface area contributed by atoms with Crippen molar-refractivity contribution in [2.45, 2.75) is 44.9 Å². The molecule has 0 radical (unpaired) electrons. The molecule has 5 nitrogen and oxygen atoms in total. The summed E-state index contributed by atoms with van der Waals surface area (Å²) in [6.07, 6.45) is 8.76. The molecule has 1 N–H and O–H groups in total. The maximum absolute atomic E-state index is 12.2. The molecule has 5 heteroatoms. The Balaban J connectivity index is 1.28. The Hall–Kier alpha value is -1.59. The molecule has 2 aliphatic heterocycles. The molecule has 1 aromatic rings. The van der Waals surface area contributed by atoms with E-state index in [-0.39, 0.29) is 5.91 Å². The van der Waals surface area contributed by atoms with Crippen LogP contribution in [0.3, 0.4) is 0 Å². The van der Waals surface area contributed by atoms with Crippen molar-refractivity contribution in [3.63, 3.8) is 0 Å². The lowest BCUT2D eigenvalue weighted by Crippen LogP contribution is -2.31. The number of hydrogen-bond donors (Lipinski definition) is 1. The molecule has 0 saturated carbocycles. The summed E-state index contributed by atoms with van der Waals surface area (Å²) in [6, 6.07) is 7.52. The van der Waals surface area contributed by atoms with Crippen LogP contribution < -0.4 is 10.1 Å². The summed E-state index contributed by atoms with van der Waals surface area (Å²) in [7, 11) is 0. The van der Waals surface area contributed by atoms with Gasteiger partial charge in [-0.25, -0.2) is 0 Å². The van der Waals surface area contributed by atoms with E-state index in [1.165, 1.54) is 58.3 Å². The van der Waals surface area contributed by atoms with Crippen molar-refractivity contribution >= 4 is 5.91 Å². The second-order valence-corrected chi connectivity index (χ2v) is 7.79. The lowest BCUT2D eigenvalue weighted by molar-refractivity contribution is 0.0952. The zero-order valence-corrected chi connectivity index (χ0v) is 16.6. The van der Waals surface area contributed by atoms with Gasteiger partial charge in [-0.2, -0.15) is 0 Å². The number of benzene rings is 1. The van der Waals surface area contributed by atoms with E-state index in [9.17, 15) is 4.79 Å². The molecule has 0 bridgehead atoms. The molecule has 1 amide bonds. The fourth-order valence-electron chi connectivity index (χ4n) is 3.98. The lowest BCUT2D eigenvalue weighted by Gasteiger charge is -2.26. The highest BCUT2D eigenvalue weighted by atomic mass is 16.5. The minimum Gasteiger partial charge on any atom is -0.494 e. The minimum absolute atomic E-state index is 0.00747. The highest BCUT2D eigenvalue weighted by molar-refractivity contribution is 5.94. The normalized spacial score (nSPS) is 18.5. The Kier molecular flexibility index (Phi) is 8.43. The molecule has 2 fully saturated rings. The Morgan fingerprint density at radius 2 is 1.44 bits per heavy atom. The second-order valence-electron chi connectivity index (χ2n) is 7.79. The summed E-state index contributed by atoms with van der Waals surface area (Å²) in [5, 5.41) is 3.02. The molecular weight excluding hydrogens is 338 g/mol. The van der Waals surface area contributed by atoms with E-state index in [4.69, 9.17) is 4.74 Å². The first-order chi connectivity index (χ1) is 13.3. The number of carbonyl (C=O) groups excluding carboxylic acids is 1. The van der Waals surface area contributed by atoms with Gasteiger partial charge in [0.1, 0.15) is 5.75 Å². The van der Waals surface area contributed by atoms with Gasteiger partial charge < -0.3 is 19.9 Å². The molecule has 0 aliphatic carbocycles. The first kappa shape index (κ1) is 20.2. The van der Waals surface area contributed by atoms with Gasteiger partial charge in [0.15, 0.2) is 0 Å². The van der Waals surface area contributed by atoms with Crippen molar-refractivity contribution in [1.82, 2.24) is 15.1 Å². The number of amides is 1. The van der Waals surface area contributed by atoms with Crippen LogP contribution in [0.5, 0.6) is 5.75 Å². The molecule has 27 heavy (non-hydrogen) atoms. The molecule has 0 atom stereocenters. The summed E-state index contributed by atoms with van der Waals surface area (Å²) < 4.78 is 5.82. The van der Waals surface area contributed by atoms with Gasteiger partial charge in [-0.15, -0.1) is 0 Å². The number of nitrogens with one attached hydrogen (secondary N) is 1. The third kappa shape index (κ3) is 7.15. The fraction of sp³-hybridized carbons (Fsp3) is 0.682. The van der Waals surface area contributed by atoms with Crippen LogP contribution in [0.1, 0.15) is 55.3 Å². The predicted molar refractivity (Wildman–Crippen MR) is 109 cm³/mol. The quantitative estimate of drug-likeness (QED) is 0.640. The largest absolute Gasteiger partial charge is 0.494 e. The third-order valence-corrected chi connectivity index (χ3v) is 5.59. The lowest BCUT2D eigenvalue weighted by atomic mass is 10.1. The molecule has 2 saturated heterocycles. The van der Waals surface area contributed by atoms with Crippen molar-refractivity contribution in [2.75, 3.05) is 52.4 Å². The SMILES string of the molecule is O=C(NCCCN1CCCC1)c1ccc(OCCCN2CCCCC2)cc1. The molecule has 3 rings (SSSR count). The molecule has 1 aromatic carbocycles. The van der Waals surface area contributed by atoms with E-state index in [2.05, 4.69) is 15.1 Å². The minimum atomic E-state index is 0.00747. The summed E-state index contributed by atoms with van der Waals surface area (Å²) in [5.41, 5.74) is 0.705. The standard InChI is InChI=1S/C22H35N3O2/c26-22(23-12-6-17-24-15-4-5-16-24)20-8-10-21(11-9-20)27-19-7-18-25-13-2-1-3-14-25/h8-11H,1-7,12-19H2,(H,23,26). The van der Waals surface area contributed by atoms with Crippen LogP contribution in [-0.2, 0) is 0 Å². The van der Waals surface area contributed by atoms with E-state index in [0.717, 1.165) is 44.8 Å². The van der Waals surface area contributed by atoms with Gasteiger partial charge in [-0.1, -0.05) is 6.42 Å². The second kappa shape index (κ2) is 11.3. The maximum Gasteiger partial charge on any atom is 0.251 e. The van der Waals surface area contributed by atoms with Crippen LogP contribution in [0.25, 0.3) is 0 Å². The first-order valence-electron chi connectivity index (χ1n) is 10.8. The Morgan fingerprint density at radius 1 is 0.852 bits per heavy atom. The van der Waals surface area contributed by atoms with Gasteiger partial charge in [0.25, 0.3) is 5.91 Å². The van der Waals surface area contributed by atoms with E-state index >= 15 is 0 Å². The molecule has 0 unspecified atom stereocenters. The van der Waals surface area contributed by atoms with Crippen LogP contribution in [0, 0.1) is 0 Å². The fourth-order valence-corrected chi connectivity index (χ4v) is 3.98. The zero-order valence-electron chi connectivity index (χ0n) is 16.6. The van der Waals surface area contributed by atoms with Crippen LogP contribution in [-0.4, -0.2) is 68.1 Å². The highest BCUT2D eigenvalue weighted by Gasteiger charge is 2.11. The van der Waals surface area contributed by atoms with Crippen molar-refractivity contribution in [1.29, 1.82) is 0 Å². The van der Waals surface area contributed by atoms with E-state index in [1.807, 2.05) is 24.3 Å². The van der Waals surface area contributed by atoms with Gasteiger partial charge in [-0.05, 0) is 95.5 Å². The monoisotopic (exact) mass is 373 g/mol. The molecule has 2 heterocycles. The van der Waals surface area contributed by atoms with E-state index < -0.39 is 0 Å². The number of hydrogen-bond acceptors (Lipinski definition) is 4. The number of ether oxygens (including phenoxy) is 1. The van der Waals surface area contributed by atoms with Gasteiger partial charge in [0.2, 0.25) is 0 Å². The molecule has 0 spiro atoms.